The van der Waals surface area contributed by atoms with Crippen LogP contribution in [0.25, 0.3) is 0 Å². The largest absolute Gasteiger partial charge is 0.356 e. The van der Waals surface area contributed by atoms with E-state index in [1.54, 1.807) is 0 Å². The quantitative estimate of drug-likeness (QED) is 0.428. The molecule has 1 aliphatic rings. The molecule has 148 valence electrons. The monoisotopic (exact) mass is 384 g/mol. The first kappa shape index (κ1) is 19.5. The number of piperidine rings is 1. The molecule has 28 heavy (non-hydrogen) atoms. The lowest BCUT2D eigenvalue weighted by Gasteiger charge is -2.28. The summed E-state index contributed by atoms with van der Waals surface area (Å²) < 4.78 is 0. The highest BCUT2D eigenvalue weighted by Gasteiger charge is 2.14. The van der Waals surface area contributed by atoms with E-state index in [1.807, 2.05) is 13.0 Å². The van der Waals surface area contributed by atoms with Gasteiger partial charge in [-0.15, -0.1) is 0 Å². The number of carbonyl (C=O) groups excluding carboxylic acids is 1. The standard InChI is InChI=1S/C19H24N6O3/c1-14-13-17(24-11-3-2-4-12-24)23-19(22-14)21-10-9-20-18(26)15-5-7-16(8-6-15)25(27)28/h5-8,13H,2-4,9-12H2,1H3,(H,20,26)(H,21,22,23). The highest BCUT2D eigenvalue weighted by molar-refractivity contribution is 5.94. The van der Waals surface area contributed by atoms with Gasteiger partial charge >= 0.3 is 0 Å². The zero-order valence-electron chi connectivity index (χ0n) is 15.9. The van der Waals surface area contributed by atoms with Gasteiger partial charge in [-0.05, 0) is 38.3 Å². The Labute approximate surface area is 163 Å². The lowest BCUT2D eigenvalue weighted by molar-refractivity contribution is -0.384. The summed E-state index contributed by atoms with van der Waals surface area (Å²) in [7, 11) is 0. The minimum absolute atomic E-state index is 0.0423. The number of nitro groups is 1. The van der Waals surface area contributed by atoms with E-state index in [9.17, 15) is 14.9 Å². The average Bonchev–Trinajstić information content (AvgIpc) is 2.71. The van der Waals surface area contributed by atoms with E-state index in [0.717, 1.165) is 24.6 Å². The number of aromatic nitrogens is 2. The van der Waals surface area contributed by atoms with Crippen molar-refractivity contribution in [3.8, 4) is 0 Å². The number of anilines is 2. The topological polar surface area (TPSA) is 113 Å². The maximum atomic E-state index is 12.1. The van der Waals surface area contributed by atoms with Crippen molar-refractivity contribution in [3.05, 3.63) is 51.7 Å². The molecule has 2 aromatic rings. The molecular weight excluding hydrogens is 360 g/mol. The van der Waals surface area contributed by atoms with E-state index in [4.69, 9.17) is 0 Å². The van der Waals surface area contributed by atoms with Gasteiger partial charge in [0.1, 0.15) is 5.82 Å². The van der Waals surface area contributed by atoms with Crippen molar-refractivity contribution in [2.24, 2.45) is 0 Å². The number of nitro benzene ring substituents is 1. The Morgan fingerprint density at radius 1 is 1.14 bits per heavy atom. The van der Waals surface area contributed by atoms with Crippen molar-refractivity contribution < 1.29 is 9.72 Å². The molecule has 1 aromatic carbocycles. The molecule has 0 aliphatic carbocycles. The van der Waals surface area contributed by atoms with Crippen LogP contribution in [0.1, 0.15) is 35.3 Å². The summed E-state index contributed by atoms with van der Waals surface area (Å²) >= 11 is 0. The molecule has 9 heteroatoms. The van der Waals surface area contributed by atoms with E-state index in [-0.39, 0.29) is 11.6 Å². The summed E-state index contributed by atoms with van der Waals surface area (Å²) in [5.74, 6) is 1.20. The molecule has 1 amide bonds. The lowest BCUT2D eigenvalue weighted by atomic mass is 10.1. The third-order valence-corrected chi connectivity index (χ3v) is 4.55. The van der Waals surface area contributed by atoms with Crippen LogP contribution in [0, 0.1) is 17.0 Å². The van der Waals surface area contributed by atoms with Gasteiger partial charge in [0.15, 0.2) is 0 Å². The molecule has 2 heterocycles. The Hall–Kier alpha value is -3.23. The fraction of sp³-hybridized carbons (Fsp3) is 0.421. The second-order valence-corrected chi connectivity index (χ2v) is 6.73. The second kappa shape index (κ2) is 9.12. The predicted molar refractivity (Wildman–Crippen MR) is 107 cm³/mol. The maximum Gasteiger partial charge on any atom is 0.269 e. The van der Waals surface area contributed by atoms with Gasteiger partial charge in [-0.1, -0.05) is 0 Å². The van der Waals surface area contributed by atoms with Gasteiger partial charge in [-0.25, -0.2) is 4.98 Å². The van der Waals surface area contributed by atoms with Crippen LogP contribution >= 0.6 is 0 Å². The number of amides is 1. The second-order valence-electron chi connectivity index (χ2n) is 6.73. The van der Waals surface area contributed by atoms with Crippen molar-refractivity contribution in [1.82, 2.24) is 15.3 Å². The number of rotatable bonds is 7. The van der Waals surface area contributed by atoms with Crippen molar-refractivity contribution >= 4 is 23.4 Å². The number of hydrogen-bond acceptors (Lipinski definition) is 7. The van der Waals surface area contributed by atoms with E-state index >= 15 is 0 Å². The molecule has 0 atom stereocenters. The molecule has 1 aliphatic heterocycles. The molecule has 1 fully saturated rings. The molecule has 9 nitrogen and oxygen atoms in total. The molecule has 0 bridgehead atoms. The molecule has 1 aromatic heterocycles. The normalized spacial score (nSPS) is 13.8. The van der Waals surface area contributed by atoms with E-state index in [2.05, 4.69) is 25.5 Å². The molecule has 1 saturated heterocycles. The Kier molecular flexibility index (Phi) is 6.36. The maximum absolute atomic E-state index is 12.1. The zero-order chi connectivity index (χ0) is 19.9. The van der Waals surface area contributed by atoms with E-state index < -0.39 is 4.92 Å². The molecule has 0 unspecified atom stereocenters. The van der Waals surface area contributed by atoms with Crippen LogP contribution in [-0.4, -0.2) is 47.0 Å². The minimum atomic E-state index is -0.494. The minimum Gasteiger partial charge on any atom is -0.356 e. The molecule has 3 rings (SSSR count). The number of non-ortho nitro benzene ring substituents is 1. The zero-order valence-corrected chi connectivity index (χ0v) is 15.9. The highest BCUT2D eigenvalue weighted by Crippen LogP contribution is 2.19. The Balaban J connectivity index is 1.50. The summed E-state index contributed by atoms with van der Waals surface area (Å²) in [6, 6.07) is 7.50. The van der Waals surface area contributed by atoms with Crippen LogP contribution in [0.2, 0.25) is 0 Å². The van der Waals surface area contributed by atoms with E-state index in [0.29, 0.717) is 24.6 Å². The molecule has 0 spiro atoms. The molecule has 2 N–H and O–H groups in total. The van der Waals surface area contributed by atoms with Crippen molar-refractivity contribution in [2.45, 2.75) is 26.2 Å². The van der Waals surface area contributed by atoms with Gasteiger partial charge in [0.05, 0.1) is 4.92 Å². The van der Waals surface area contributed by atoms with Crippen molar-refractivity contribution in [2.75, 3.05) is 36.4 Å². The first-order chi connectivity index (χ1) is 13.5. The number of nitrogens with zero attached hydrogens (tertiary/aromatic N) is 4. The van der Waals surface area contributed by atoms with Gasteiger partial charge in [-0.3, -0.25) is 14.9 Å². The fourth-order valence-corrected chi connectivity index (χ4v) is 3.10. The Bertz CT molecular complexity index is 834. The van der Waals surface area contributed by atoms with Gasteiger partial charge < -0.3 is 15.5 Å². The average molecular weight is 384 g/mol. The Morgan fingerprint density at radius 3 is 2.54 bits per heavy atom. The highest BCUT2D eigenvalue weighted by atomic mass is 16.6. The number of carbonyl (C=O) groups is 1. The first-order valence-electron chi connectivity index (χ1n) is 9.40. The van der Waals surface area contributed by atoms with Crippen molar-refractivity contribution in [3.63, 3.8) is 0 Å². The summed E-state index contributed by atoms with van der Waals surface area (Å²) in [4.78, 5) is 33.5. The molecular formula is C19H24N6O3. The summed E-state index contributed by atoms with van der Waals surface area (Å²) in [5.41, 5.74) is 1.23. The molecule has 0 saturated carbocycles. The van der Waals surface area contributed by atoms with Gasteiger partial charge in [0.2, 0.25) is 5.95 Å². The first-order valence-corrected chi connectivity index (χ1v) is 9.40. The predicted octanol–water partition coefficient (Wildman–Crippen LogP) is 2.53. The van der Waals surface area contributed by atoms with Gasteiger partial charge in [0, 0.05) is 55.6 Å². The summed E-state index contributed by atoms with van der Waals surface area (Å²) in [6.45, 7) is 4.83. The Morgan fingerprint density at radius 2 is 1.86 bits per heavy atom. The number of nitrogens with one attached hydrogen (secondary N) is 2. The SMILES string of the molecule is Cc1cc(N2CCCCC2)nc(NCCNC(=O)c2ccc([N+](=O)[O-])cc2)n1. The number of aryl methyl sites for hydroxylation is 1. The van der Waals surface area contributed by atoms with Crippen LogP contribution in [0.4, 0.5) is 17.5 Å². The van der Waals surface area contributed by atoms with E-state index in [1.165, 1.54) is 43.5 Å². The van der Waals surface area contributed by atoms with Crippen LogP contribution in [0.3, 0.4) is 0 Å². The fourth-order valence-electron chi connectivity index (χ4n) is 3.10. The van der Waals surface area contributed by atoms with Crippen LogP contribution in [-0.2, 0) is 0 Å². The summed E-state index contributed by atoms with van der Waals surface area (Å²) in [5, 5.41) is 16.6. The lowest BCUT2D eigenvalue weighted by Crippen LogP contribution is -2.31. The van der Waals surface area contributed by atoms with Crippen LogP contribution in [0.5, 0.6) is 0 Å². The smallest absolute Gasteiger partial charge is 0.269 e. The molecule has 0 radical (unpaired) electrons. The van der Waals surface area contributed by atoms with Gasteiger partial charge in [-0.2, -0.15) is 4.98 Å². The van der Waals surface area contributed by atoms with Gasteiger partial charge in [0.25, 0.3) is 11.6 Å². The third-order valence-electron chi connectivity index (χ3n) is 4.55. The van der Waals surface area contributed by atoms with Crippen molar-refractivity contribution in [1.29, 1.82) is 0 Å². The van der Waals surface area contributed by atoms with Crippen LogP contribution in [0.15, 0.2) is 30.3 Å². The number of hydrogen-bond donors (Lipinski definition) is 2. The number of benzene rings is 1. The summed E-state index contributed by atoms with van der Waals surface area (Å²) in [6.07, 6.45) is 3.63. The third kappa shape index (κ3) is 5.15. The van der Waals surface area contributed by atoms with Crippen LogP contribution < -0.4 is 15.5 Å².